The van der Waals surface area contributed by atoms with Gasteiger partial charge in [0.2, 0.25) is 0 Å². The molecule has 0 bridgehead atoms. The Morgan fingerprint density at radius 1 is 0.562 bits per heavy atom. The summed E-state index contributed by atoms with van der Waals surface area (Å²) in [5.41, 5.74) is 4.65. The van der Waals surface area contributed by atoms with E-state index in [0.717, 1.165) is 0 Å². The molecule has 1 aliphatic rings. The van der Waals surface area contributed by atoms with Gasteiger partial charge in [-0.2, -0.15) is 0 Å². The van der Waals surface area contributed by atoms with Gasteiger partial charge >= 0.3 is 197 Å². The molecule has 0 spiro atoms. The van der Waals surface area contributed by atoms with Crippen LogP contribution in [0, 0.1) is 5.92 Å². The van der Waals surface area contributed by atoms with E-state index in [1.54, 1.807) is 30.6 Å². The molecule has 1 aliphatic carbocycles. The molecule has 0 N–H and O–H groups in total. The van der Waals surface area contributed by atoms with Gasteiger partial charge in [0.25, 0.3) is 0 Å². The second-order valence-corrected chi connectivity index (χ2v) is 35.6. The molecule has 1 atom stereocenters. The first kappa shape index (κ1) is 23.2. The molecule has 0 radical (unpaired) electrons. The van der Waals surface area contributed by atoms with Crippen molar-refractivity contribution in [2.75, 3.05) is 0 Å². The van der Waals surface area contributed by atoms with Crippen LogP contribution in [0.25, 0.3) is 0 Å². The number of allylic oxidation sites excluding steroid dienone is 4. The molecule has 0 fully saturated rings. The summed E-state index contributed by atoms with van der Waals surface area (Å²) in [5.74, 6) is -1.85. The number of benzene rings is 3. The molecule has 4 rings (SSSR count). The quantitative estimate of drug-likeness (QED) is 0.284. The zero-order chi connectivity index (χ0) is 23.2. The summed E-state index contributed by atoms with van der Waals surface area (Å²) in [6.45, 7) is 9.56. The molecular weight excluding hydrogens is 436 g/mol. The zero-order valence-electron chi connectivity index (χ0n) is 20.7. The Hall–Kier alpha value is -1.93. The first-order valence-electron chi connectivity index (χ1n) is 11.9. The van der Waals surface area contributed by atoms with Crippen molar-refractivity contribution in [1.82, 2.24) is 0 Å². The topological polar surface area (TPSA) is 0 Å². The van der Waals surface area contributed by atoms with Gasteiger partial charge in [0.15, 0.2) is 0 Å². The van der Waals surface area contributed by atoms with E-state index >= 15 is 0 Å². The van der Waals surface area contributed by atoms with Crippen LogP contribution in [0.2, 0.25) is 15.7 Å². The van der Waals surface area contributed by atoms with E-state index in [1.165, 1.54) is 5.57 Å². The van der Waals surface area contributed by atoms with Crippen LogP contribution in [0.4, 0.5) is 0 Å². The molecule has 0 heterocycles. The van der Waals surface area contributed by atoms with Crippen LogP contribution in [-0.2, 0) is 14.6 Å². The fourth-order valence-electron chi connectivity index (χ4n) is 7.06. The minimum absolute atomic E-state index is 0.523. The van der Waals surface area contributed by atoms with Crippen LogP contribution in [0.15, 0.2) is 112 Å². The summed E-state index contributed by atoms with van der Waals surface area (Å²) in [7, 11) is 0. The van der Waals surface area contributed by atoms with Crippen molar-refractivity contribution >= 4 is 21.5 Å². The van der Waals surface area contributed by atoms with Gasteiger partial charge < -0.3 is 0 Å². The molecule has 0 amide bonds. The Labute approximate surface area is 196 Å². The number of rotatable bonds is 5. The third-order valence-electron chi connectivity index (χ3n) is 8.52. The predicted molar refractivity (Wildman–Crippen MR) is 142 cm³/mol. The third kappa shape index (κ3) is 3.21. The summed E-state index contributed by atoms with van der Waals surface area (Å²) < 4.78 is 1.79. The summed E-state index contributed by atoms with van der Waals surface area (Å²) in [4.78, 5) is 0. The first-order valence-corrected chi connectivity index (χ1v) is 21.7. The molecule has 165 valence electrons. The molecule has 0 saturated carbocycles. The van der Waals surface area contributed by atoms with Crippen LogP contribution in [-0.4, -0.2) is 5.94 Å². The average molecular weight is 474 g/mol. The second-order valence-electron chi connectivity index (χ2n) is 11.0. The SMILES string of the molecule is CC1=C(C)C(C)[C]([Ti]([CH3])([CH3])([CH3])[Si](c2ccccc2)(c2ccccc2)c2ccccc2)=C1C. The average Bonchev–Trinajstić information content (AvgIpc) is 2.99. The van der Waals surface area contributed by atoms with E-state index in [9.17, 15) is 0 Å². The maximum absolute atomic E-state index is 3.46. The summed E-state index contributed by atoms with van der Waals surface area (Å²) in [5, 5.41) is 12.9. The van der Waals surface area contributed by atoms with Gasteiger partial charge in [-0.25, -0.2) is 0 Å². The van der Waals surface area contributed by atoms with Gasteiger partial charge in [-0.3, -0.25) is 0 Å². The molecule has 32 heavy (non-hydrogen) atoms. The summed E-state index contributed by atoms with van der Waals surface area (Å²) in [6.07, 6.45) is 0. The predicted octanol–water partition coefficient (Wildman–Crippen LogP) is 6.75. The van der Waals surface area contributed by atoms with Crippen molar-refractivity contribution in [3.05, 3.63) is 112 Å². The summed E-state index contributed by atoms with van der Waals surface area (Å²) in [6, 6.07) is 34.5. The van der Waals surface area contributed by atoms with Crippen LogP contribution in [0.5, 0.6) is 0 Å². The standard InChI is InChI=1S/C18H15Si.C9H13.3CH3.Ti/c1-4-10-16(11-5-1)19(17-12-6-2-7-13-17)18-14-8-3-9-15-18;1-6-5-7(2)9(4)8(6)3;;;;/h1-15H;6H,1-4H3;3*1H3;. The van der Waals surface area contributed by atoms with E-state index in [0.29, 0.717) is 5.92 Å². The normalized spacial score (nSPS) is 18.6. The summed E-state index contributed by atoms with van der Waals surface area (Å²) >= 11 is -3.46. The van der Waals surface area contributed by atoms with Crippen LogP contribution in [0.1, 0.15) is 27.7 Å². The Bertz CT molecular complexity index is 1080. The first-order chi connectivity index (χ1) is 15.1. The molecule has 1 unspecified atom stereocenters. The minimum atomic E-state index is -3.46. The van der Waals surface area contributed by atoms with Gasteiger partial charge in [-0.05, 0) is 0 Å². The molecule has 3 aromatic carbocycles. The molecule has 2 heteroatoms. The Morgan fingerprint density at radius 3 is 1.19 bits per heavy atom. The van der Waals surface area contributed by atoms with Crippen molar-refractivity contribution in [1.29, 1.82) is 0 Å². The second kappa shape index (κ2) is 8.13. The Morgan fingerprint density at radius 2 is 0.906 bits per heavy atom. The number of hydrogen-bond donors (Lipinski definition) is 0. The molecule has 0 saturated heterocycles. The van der Waals surface area contributed by atoms with E-state index in [2.05, 4.69) is 134 Å². The van der Waals surface area contributed by atoms with E-state index in [1.807, 2.05) is 0 Å². The van der Waals surface area contributed by atoms with Gasteiger partial charge in [0.05, 0.1) is 0 Å². The van der Waals surface area contributed by atoms with Gasteiger partial charge in [0, 0.05) is 0 Å². The molecule has 0 nitrogen and oxygen atoms in total. The van der Waals surface area contributed by atoms with Gasteiger partial charge in [0.1, 0.15) is 0 Å². The monoisotopic (exact) mass is 473 g/mol. The van der Waals surface area contributed by atoms with Gasteiger partial charge in [-0.1, -0.05) is 0 Å². The maximum atomic E-state index is 2.73. The molecular formula is C30H37SiTi. The van der Waals surface area contributed by atoms with Crippen molar-refractivity contribution in [3.8, 4) is 0 Å². The zero-order valence-corrected chi connectivity index (χ0v) is 23.3. The van der Waals surface area contributed by atoms with Crippen molar-refractivity contribution in [3.63, 3.8) is 0 Å². The van der Waals surface area contributed by atoms with Crippen molar-refractivity contribution < 1.29 is 14.6 Å². The van der Waals surface area contributed by atoms with E-state index < -0.39 is 20.5 Å². The molecule has 0 aliphatic heterocycles. The molecule has 0 aromatic heterocycles. The van der Waals surface area contributed by atoms with E-state index in [-0.39, 0.29) is 0 Å². The third-order valence-corrected chi connectivity index (χ3v) is 36.4. The van der Waals surface area contributed by atoms with Crippen LogP contribution in [0.3, 0.4) is 0 Å². The fraction of sp³-hybridized carbons (Fsp3) is 0.267. The number of hydrogen-bond acceptors (Lipinski definition) is 0. The molecule has 3 aromatic rings. The van der Waals surface area contributed by atoms with Crippen molar-refractivity contribution in [2.24, 2.45) is 5.92 Å². The van der Waals surface area contributed by atoms with Crippen LogP contribution < -0.4 is 15.6 Å². The van der Waals surface area contributed by atoms with Crippen LogP contribution >= 0.6 is 0 Å². The fourth-order valence-corrected chi connectivity index (χ4v) is 38.7. The van der Waals surface area contributed by atoms with Crippen molar-refractivity contribution in [2.45, 2.75) is 43.4 Å². The Balaban J connectivity index is 2.21. The Kier molecular flexibility index (Phi) is 5.91. The van der Waals surface area contributed by atoms with Gasteiger partial charge in [-0.15, -0.1) is 0 Å². The van der Waals surface area contributed by atoms with E-state index in [4.69, 9.17) is 0 Å².